The van der Waals surface area contributed by atoms with E-state index in [-0.39, 0.29) is 5.54 Å². The van der Waals surface area contributed by atoms with Gasteiger partial charge in [-0.2, -0.15) is 0 Å². The lowest BCUT2D eigenvalue weighted by Gasteiger charge is -2.19. The summed E-state index contributed by atoms with van der Waals surface area (Å²) in [6.07, 6.45) is 2.57. The minimum Gasteiger partial charge on any atom is -0.329 e. The van der Waals surface area contributed by atoms with Gasteiger partial charge in [-0.05, 0) is 13.3 Å². The van der Waals surface area contributed by atoms with Crippen molar-refractivity contribution in [1.29, 1.82) is 0 Å². The van der Waals surface area contributed by atoms with E-state index in [1.54, 1.807) is 6.08 Å². The van der Waals surface area contributed by atoms with E-state index in [0.29, 0.717) is 6.54 Å². The average Bonchev–Trinajstić information content (AvgIpc) is 1.67. The Bertz CT molecular complexity index is 76.6. The summed E-state index contributed by atoms with van der Waals surface area (Å²) in [4.78, 5) is 0. The molecule has 0 heterocycles. The van der Waals surface area contributed by atoms with Gasteiger partial charge in [-0.1, -0.05) is 6.08 Å². The molecule has 2 nitrogen and oxygen atoms in total. The first kappa shape index (κ1) is 7.66. The Morgan fingerprint density at radius 1 is 1.75 bits per heavy atom. The molecule has 0 aromatic rings. The molecule has 0 aliphatic heterocycles. The van der Waals surface area contributed by atoms with Crippen LogP contribution < -0.4 is 11.5 Å². The minimum absolute atomic E-state index is 0.248. The van der Waals surface area contributed by atoms with Crippen molar-refractivity contribution in [2.24, 2.45) is 11.5 Å². The molecule has 1 unspecified atom stereocenters. The van der Waals surface area contributed by atoms with E-state index in [2.05, 4.69) is 6.58 Å². The van der Waals surface area contributed by atoms with Crippen LogP contribution in [-0.2, 0) is 0 Å². The van der Waals surface area contributed by atoms with Crippen molar-refractivity contribution in [2.45, 2.75) is 18.9 Å². The van der Waals surface area contributed by atoms with E-state index < -0.39 is 0 Å². The molecular formula is C6H14N2. The van der Waals surface area contributed by atoms with E-state index in [9.17, 15) is 0 Å². The number of hydrogen-bond donors (Lipinski definition) is 2. The second-order valence-corrected chi connectivity index (χ2v) is 2.35. The fourth-order valence-electron chi connectivity index (χ4n) is 0.413. The zero-order valence-corrected chi connectivity index (χ0v) is 5.35. The Kier molecular flexibility index (Phi) is 2.72. The lowest BCUT2D eigenvalue weighted by molar-refractivity contribution is 0.487. The quantitative estimate of drug-likeness (QED) is 0.516. The normalized spacial score (nSPS) is 17.4. The third-order valence-corrected chi connectivity index (χ3v) is 1.08. The fourth-order valence-corrected chi connectivity index (χ4v) is 0.413. The number of rotatable bonds is 3. The molecule has 0 aromatic heterocycles. The van der Waals surface area contributed by atoms with Crippen LogP contribution in [-0.4, -0.2) is 12.1 Å². The maximum absolute atomic E-state index is 5.63. The molecule has 0 saturated carbocycles. The molecule has 4 N–H and O–H groups in total. The topological polar surface area (TPSA) is 52.0 Å². The van der Waals surface area contributed by atoms with Crippen LogP contribution in [0.25, 0.3) is 0 Å². The summed E-state index contributed by atoms with van der Waals surface area (Å²) >= 11 is 0. The largest absolute Gasteiger partial charge is 0.329 e. The van der Waals surface area contributed by atoms with Crippen LogP contribution in [0.3, 0.4) is 0 Å². The van der Waals surface area contributed by atoms with Gasteiger partial charge in [0.15, 0.2) is 0 Å². The molecule has 1 atom stereocenters. The Hall–Kier alpha value is -0.340. The lowest BCUT2D eigenvalue weighted by Crippen LogP contribution is -2.43. The van der Waals surface area contributed by atoms with Crippen LogP contribution in [0.1, 0.15) is 13.3 Å². The second-order valence-electron chi connectivity index (χ2n) is 2.35. The Balaban J connectivity index is 3.53. The second kappa shape index (κ2) is 2.84. The van der Waals surface area contributed by atoms with Crippen molar-refractivity contribution in [1.82, 2.24) is 0 Å². The first-order valence-electron chi connectivity index (χ1n) is 2.72. The summed E-state index contributed by atoms with van der Waals surface area (Å²) in [6, 6.07) is 0. The van der Waals surface area contributed by atoms with Crippen LogP contribution >= 0.6 is 0 Å². The maximum atomic E-state index is 5.63. The molecule has 0 aliphatic rings. The molecule has 2 heteroatoms. The standard InChI is InChI=1S/C6H14N2/c1-3-4-6(2,8)5-7/h3H,1,4-5,7-8H2,2H3. The third-order valence-electron chi connectivity index (χ3n) is 1.08. The van der Waals surface area contributed by atoms with E-state index in [1.807, 2.05) is 6.92 Å². The van der Waals surface area contributed by atoms with Crippen molar-refractivity contribution in [3.8, 4) is 0 Å². The monoisotopic (exact) mass is 114 g/mol. The van der Waals surface area contributed by atoms with Gasteiger partial charge in [0.05, 0.1) is 0 Å². The van der Waals surface area contributed by atoms with Gasteiger partial charge in [-0.15, -0.1) is 6.58 Å². The molecule has 0 aromatic carbocycles. The van der Waals surface area contributed by atoms with Crippen molar-refractivity contribution in [2.75, 3.05) is 6.54 Å². The Morgan fingerprint density at radius 2 is 2.25 bits per heavy atom. The zero-order valence-electron chi connectivity index (χ0n) is 5.35. The highest BCUT2D eigenvalue weighted by molar-refractivity contribution is 4.87. The van der Waals surface area contributed by atoms with Gasteiger partial charge in [0.25, 0.3) is 0 Å². The van der Waals surface area contributed by atoms with Gasteiger partial charge in [0.2, 0.25) is 0 Å². The van der Waals surface area contributed by atoms with Gasteiger partial charge in [0, 0.05) is 12.1 Å². The fraction of sp³-hybridized carbons (Fsp3) is 0.667. The smallest absolute Gasteiger partial charge is 0.0284 e. The summed E-state index contributed by atoms with van der Waals surface area (Å²) in [6.45, 7) is 5.98. The molecule has 0 amide bonds. The molecule has 0 fully saturated rings. The molecular weight excluding hydrogens is 100 g/mol. The van der Waals surface area contributed by atoms with Crippen molar-refractivity contribution < 1.29 is 0 Å². The molecule has 0 spiro atoms. The molecule has 48 valence electrons. The van der Waals surface area contributed by atoms with Gasteiger partial charge in [-0.25, -0.2) is 0 Å². The molecule has 0 saturated heterocycles. The highest BCUT2D eigenvalue weighted by Crippen LogP contribution is 2.01. The number of nitrogens with two attached hydrogens (primary N) is 2. The third kappa shape index (κ3) is 2.77. The Labute approximate surface area is 50.6 Å². The number of hydrogen-bond acceptors (Lipinski definition) is 2. The molecule has 0 bridgehead atoms. The van der Waals surface area contributed by atoms with Gasteiger partial charge in [-0.3, -0.25) is 0 Å². The van der Waals surface area contributed by atoms with Crippen LogP contribution in [0.2, 0.25) is 0 Å². The van der Waals surface area contributed by atoms with E-state index in [0.717, 1.165) is 6.42 Å². The molecule has 8 heavy (non-hydrogen) atoms. The van der Waals surface area contributed by atoms with Gasteiger partial charge in [0.1, 0.15) is 0 Å². The predicted octanol–water partition coefficient (Wildman–Crippen LogP) is 0.239. The van der Waals surface area contributed by atoms with Crippen LogP contribution in [0.15, 0.2) is 12.7 Å². The first-order valence-corrected chi connectivity index (χ1v) is 2.72. The molecule has 0 radical (unpaired) electrons. The summed E-state index contributed by atoms with van der Waals surface area (Å²) in [5.41, 5.74) is 10.7. The van der Waals surface area contributed by atoms with E-state index in [1.165, 1.54) is 0 Å². The minimum atomic E-state index is -0.248. The maximum Gasteiger partial charge on any atom is 0.0284 e. The van der Waals surface area contributed by atoms with Crippen molar-refractivity contribution in [3.05, 3.63) is 12.7 Å². The summed E-state index contributed by atoms with van der Waals surface area (Å²) in [5, 5.41) is 0. The average molecular weight is 114 g/mol. The molecule has 0 rings (SSSR count). The SMILES string of the molecule is C=CCC(C)(N)CN. The summed E-state index contributed by atoms with van der Waals surface area (Å²) < 4.78 is 0. The van der Waals surface area contributed by atoms with Crippen LogP contribution in [0.5, 0.6) is 0 Å². The van der Waals surface area contributed by atoms with Gasteiger partial charge < -0.3 is 11.5 Å². The highest BCUT2D eigenvalue weighted by atomic mass is 14.8. The van der Waals surface area contributed by atoms with E-state index in [4.69, 9.17) is 11.5 Å². The zero-order chi connectivity index (χ0) is 6.62. The summed E-state index contributed by atoms with van der Waals surface area (Å²) in [5.74, 6) is 0. The Morgan fingerprint density at radius 3 is 2.38 bits per heavy atom. The van der Waals surface area contributed by atoms with Crippen molar-refractivity contribution in [3.63, 3.8) is 0 Å². The van der Waals surface area contributed by atoms with Crippen molar-refractivity contribution >= 4 is 0 Å². The predicted molar refractivity (Wildman–Crippen MR) is 36.5 cm³/mol. The first-order chi connectivity index (χ1) is 3.62. The van der Waals surface area contributed by atoms with E-state index >= 15 is 0 Å². The van der Waals surface area contributed by atoms with Crippen LogP contribution in [0.4, 0.5) is 0 Å². The lowest BCUT2D eigenvalue weighted by atomic mass is 10.0. The summed E-state index contributed by atoms with van der Waals surface area (Å²) in [7, 11) is 0. The molecule has 0 aliphatic carbocycles. The highest BCUT2D eigenvalue weighted by Gasteiger charge is 2.11. The van der Waals surface area contributed by atoms with Crippen LogP contribution in [0, 0.1) is 0 Å². The van der Waals surface area contributed by atoms with Gasteiger partial charge >= 0.3 is 0 Å².